The van der Waals surface area contributed by atoms with E-state index in [1.807, 2.05) is 0 Å². The van der Waals surface area contributed by atoms with Crippen molar-refractivity contribution < 1.29 is 19.4 Å². The van der Waals surface area contributed by atoms with Crippen LogP contribution < -0.4 is 9.64 Å². The average molecular weight is 455 g/mol. The number of aliphatic hydroxyl groups excluding tert-OH is 1. The highest BCUT2D eigenvalue weighted by molar-refractivity contribution is 6.51. The molecule has 0 saturated carbocycles. The number of anilines is 1. The molecule has 6 nitrogen and oxygen atoms in total. The van der Waals surface area contributed by atoms with Crippen LogP contribution in [0.25, 0.3) is 5.76 Å². The Balaban J connectivity index is 1.96. The first-order valence-electron chi connectivity index (χ1n) is 9.23. The van der Waals surface area contributed by atoms with Crippen LogP contribution in [-0.4, -0.2) is 28.9 Å². The second-order valence-corrected chi connectivity index (χ2v) is 7.58. The Morgan fingerprint density at radius 1 is 1.03 bits per heavy atom. The molecule has 0 spiro atoms. The number of carbonyl (C=O) groups excluding carboxylic acids is 2. The minimum Gasteiger partial charge on any atom is -0.507 e. The number of hydrogen-bond donors (Lipinski definition) is 1. The number of aromatic nitrogens is 1. The Morgan fingerprint density at radius 3 is 2.52 bits per heavy atom. The zero-order valence-corrected chi connectivity index (χ0v) is 17.8. The highest BCUT2D eigenvalue weighted by atomic mass is 35.5. The molecule has 3 aromatic rings. The van der Waals surface area contributed by atoms with Crippen molar-refractivity contribution in [3.8, 4) is 5.75 Å². The molecule has 0 aliphatic carbocycles. The molecule has 8 heteroatoms. The molecule has 31 heavy (non-hydrogen) atoms. The van der Waals surface area contributed by atoms with Gasteiger partial charge in [-0.2, -0.15) is 0 Å². The Kier molecular flexibility index (Phi) is 5.67. The van der Waals surface area contributed by atoms with Crippen molar-refractivity contribution in [2.75, 3.05) is 12.0 Å². The minimum absolute atomic E-state index is 0.0812. The van der Waals surface area contributed by atoms with Crippen molar-refractivity contribution in [2.45, 2.75) is 6.04 Å². The maximum Gasteiger partial charge on any atom is 0.301 e. The van der Waals surface area contributed by atoms with Gasteiger partial charge in [0.05, 0.1) is 28.8 Å². The van der Waals surface area contributed by atoms with Crippen molar-refractivity contribution in [3.63, 3.8) is 0 Å². The number of aliphatic hydroxyl groups is 1. The summed E-state index contributed by atoms with van der Waals surface area (Å²) in [5.41, 5.74) is 0.759. The van der Waals surface area contributed by atoms with Gasteiger partial charge in [-0.15, -0.1) is 0 Å². The summed E-state index contributed by atoms with van der Waals surface area (Å²) in [7, 11) is 1.49. The number of ether oxygens (including phenoxy) is 1. The van der Waals surface area contributed by atoms with Gasteiger partial charge >= 0.3 is 5.91 Å². The van der Waals surface area contributed by atoms with Gasteiger partial charge in [-0.05, 0) is 42.0 Å². The maximum atomic E-state index is 13.1. The third kappa shape index (κ3) is 3.76. The van der Waals surface area contributed by atoms with Gasteiger partial charge < -0.3 is 9.84 Å². The van der Waals surface area contributed by atoms with Crippen molar-refractivity contribution in [3.05, 3.63) is 93.6 Å². The van der Waals surface area contributed by atoms with E-state index in [4.69, 9.17) is 27.9 Å². The van der Waals surface area contributed by atoms with Crippen LogP contribution >= 0.6 is 23.2 Å². The molecule has 1 saturated heterocycles. The summed E-state index contributed by atoms with van der Waals surface area (Å²) in [6, 6.07) is 15.4. The summed E-state index contributed by atoms with van der Waals surface area (Å²) in [5.74, 6) is -1.20. The van der Waals surface area contributed by atoms with E-state index in [0.717, 1.165) is 0 Å². The van der Waals surface area contributed by atoms with Crippen LogP contribution in [0.1, 0.15) is 17.2 Å². The number of benzene rings is 2. The first kappa shape index (κ1) is 20.9. The zero-order valence-electron chi connectivity index (χ0n) is 16.3. The molecule has 1 aliphatic heterocycles. The third-order valence-corrected chi connectivity index (χ3v) is 5.68. The lowest BCUT2D eigenvalue weighted by molar-refractivity contribution is -0.132. The van der Waals surface area contributed by atoms with Crippen LogP contribution in [-0.2, 0) is 9.59 Å². The number of rotatable bonds is 4. The Hall–Kier alpha value is -3.35. The van der Waals surface area contributed by atoms with E-state index in [9.17, 15) is 14.7 Å². The van der Waals surface area contributed by atoms with Crippen LogP contribution in [0, 0.1) is 0 Å². The molecule has 2 aromatic carbocycles. The SMILES string of the molecule is COc1cccc(C(O)=C2C(=O)C(=O)N(c3ccccn3)[C@@H]2c2ccc(Cl)c(Cl)c2)c1. The summed E-state index contributed by atoms with van der Waals surface area (Å²) in [6.45, 7) is 0. The molecule has 4 rings (SSSR count). The molecule has 156 valence electrons. The zero-order chi connectivity index (χ0) is 22.1. The third-order valence-electron chi connectivity index (χ3n) is 4.94. The van der Waals surface area contributed by atoms with E-state index in [-0.39, 0.29) is 22.2 Å². The van der Waals surface area contributed by atoms with Gasteiger partial charge in [-0.25, -0.2) is 4.98 Å². The molecule has 1 amide bonds. The van der Waals surface area contributed by atoms with Crippen molar-refractivity contribution in [1.29, 1.82) is 0 Å². The molecule has 1 aliphatic rings. The van der Waals surface area contributed by atoms with Crippen molar-refractivity contribution in [2.24, 2.45) is 0 Å². The fourth-order valence-corrected chi connectivity index (χ4v) is 3.80. The number of halogens is 2. The van der Waals surface area contributed by atoms with E-state index in [1.54, 1.807) is 60.7 Å². The van der Waals surface area contributed by atoms with Gasteiger partial charge in [0.25, 0.3) is 5.78 Å². The van der Waals surface area contributed by atoms with Crippen LogP contribution in [0.5, 0.6) is 5.75 Å². The monoisotopic (exact) mass is 454 g/mol. The summed E-state index contributed by atoms with van der Waals surface area (Å²) < 4.78 is 5.21. The van der Waals surface area contributed by atoms with Gasteiger partial charge in [0.15, 0.2) is 0 Å². The molecule has 2 heterocycles. The largest absolute Gasteiger partial charge is 0.507 e. The van der Waals surface area contributed by atoms with Gasteiger partial charge in [0, 0.05) is 11.8 Å². The number of amides is 1. The van der Waals surface area contributed by atoms with Gasteiger partial charge in [-0.1, -0.05) is 47.5 Å². The summed E-state index contributed by atoms with van der Waals surface area (Å²) >= 11 is 12.3. The molecule has 1 aromatic heterocycles. The molecular formula is C23H16Cl2N2O4. The number of nitrogens with zero attached hydrogens (tertiary/aromatic N) is 2. The fraction of sp³-hybridized carbons (Fsp3) is 0.0870. The van der Waals surface area contributed by atoms with Gasteiger partial charge in [0.1, 0.15) is 17.3 Å². The maximum absolute atomic E-state index is 13.1. The quantitative estimate of drug-likeness (QED) is 0.340. The fourth-order valence-electron chi connectivity index (χ4n) is 3.49. The lowest BCUT2D eigenvalue weighted by Crippen LogP contribution is -2.30. The molecular weight excluding hydrogens is 439 g/mol. The summed E-state index contributed by atoms with van der Waals surface area (Å²) in [5, 5.41) is 11.7. The van der Waals surface area contributed by atoms with Crippen molar-refractivity contribution in [1.82, 2.24) is 4.98 Å². The number of methoxy groups -OCH3 is 1. The van der Waals surface area contributed by atoms with Crippen LogP contribution in [0.15, 0.2) is 72.4 Å². The Bertz CT molecular complexity index is 1210. The molecule has 0 unspecified atom stereocenters. The van der Waals surface area contributed by atoms with E-state index < -0.39 is 17.7 Å². The molecule has 0 radical (unpaired) electrons. The van der Waals surface area contributed by atoms with Crippen LogP contribution in [0.2, 0.25) is 10.0 Å². The normalized spacial score (nSPS) is 17.8. The van der Waals surface area contributed by atoms with E-state index in [0.29, 0.717) is 21.9 Å². The average Bonchev–Trinajstić information content (AvgIpc) is 3.06. The van der Waals surface area contributed by atoms with E-state index >= 15 is 0 Å². The molecule has 0 bridgehead atoms. The van der Waals surface area contributed by atoms with E-state index in [2.05, 4.69) is 4.98 Å². The number of pyridine rings is 1. The van der Waals surface area contributed by atoms with E-state index in [1.165, 1.54) is 18.2 Å². The second kappa shape index (κ2) is 8.41. The first-order chi connectivity index (χ1) is 14.9. The van der Waals surface area contributed by atoms with Crippen LogP contribution in [0.4, 0.5) is 5.82 Å². The summed E-state index contributed by atoms with van der Waals surface area (Å²) in [4.78, 5) is 31.6. The predicted molar refractivity (Wildman–Crippen MR) is 118 cm³/mol. The molecule has 1 atom stereocenters. The number of carbonyl (C=O) groups is 2. The molecule has 1 fully saturated rings. The lowest BCUT2D eigenvalue weighted by atomic mass is 9.95. The first-order valence-corrected chi connectivity index (χ1v) is 9.99. The second-order valence-electron chi connectivity index (χ2n) is 6.76. The van der Waals surface area contributed by atoms with Gasteiger partial charge in [0.2, 0.25) is 0 Å². The highest BCUT2D eigenvalue weighted by Crippen LogP contribution is 2.42. The smallest absolute Gasteiger partial charge is 0.301 e. The standard InChI is InChI=1S/C23H16Cl2N2O4/c1-31-15-6-4-5-14(11-15)21(28)19-20(13-8-9-16(24)17(25)12-13)27(23(30)22(19)29)18-7-2-3-10-26-18/h2-12,20,28H,1H3/t20-/m1/s1. The van der Waals surface area contributed by atoms with Crippen molar-refractivity contribution >= 4 is 46.5 Å². The topological polar surface area (TPSA) is 79.7 Å². The molecule has 1 N–H and O–H groups in total. The van der Waals surface area contributed by atoms with Gasteiger partial charge in [-0.3, -0.25) is 14.5 Å². The number of ketones is 1. The number of hydrogen-bond acceptors (Lipinski definition) is 5. The summed E-state index contributed by atoms with van der Waals surface area (Å²) in [6.07, 6.45) is 1.52. The Morgan fingerprint density at radius 2 is 1.84 bits per heavy atom. The highest BCUT2D eigenvalue weighted by Gasteiger charge is 2.47. The number of Topliss-reactive ketones (excluding diaryl/α,β-unsaturated/α-hetero) is 1. The predicted octanol–water partition coefficient (Wildman–Crippen LogP) is 5.02. The Labute approximate surface area is 188 Å². The van der Waals surface area contributed by atoms with Crippen LogP contribution in [0.3, 0.4) is 0 Å². The minimum atomic E-state index is -0.948. The lowest BCUT2D eigenvalue weighted by Gasteiger charge is -2.24.